The first-order chi connectivity index (χ1) is 14.2. The molecule has 1 amide bonds. The minimum atomic E-state index is -0.165. The minimum absolute atomic E-state index is 0.165. The van der Waals surface area contributed by atoms with E-state index in [0.29, 0.717) is 23.8 Å². The van der Waals surface area contributed by atoms with E-state index in [4.69, 9.17) is 4.74 Å². The van der Waals surface area contributed by atoms with Crippen LogP contribution < -0.4 is 10.1 Å². The van der Waals surface area contributed by atoms with Crippen LogP contribution in [-0.4, -0.2) is 15.7 Å². The molecule has 1 N–H and O–H groups in total. The summed E-state index contributed by atoms with van der Waals surface area (Å²) >= 11 is 1.40. The first kappa shape index (κ1) is 19.0. The van der Waals surface area contributed by atoms with Crippen molar-refractivity contribution in [3.63, 3.8) is 0 Å². The molecular formula is C23H21N3O2S. The van der Waals surface area contributed by atoms with Crippen molar-refractivity contribution in [2.45, 2.75) is 20.1 Å². The Bertz CT molecular complexity index is 1100. The summed E-state index contributed by atoms with van der Waals surface area (Å²) in [7, 11) is 0. The molecule has 6 heteroatoms. The molecule has 0 unspecified atom stereocenters. The lowest BCUT2D eigenvalue weighted by Crippen LogP contribution is -2.11. The number of carbonyl (C=O) groups excluding carboxylic acids is 1. The Balaban J connectivity index is 1.34. The number of nitrogens with zero attached hydrogens (tertiary/aromatic N) is 2. The van der Waals surface area contributed by atoms with Crippen molar-refractivity contribution in [3.05, 3.63) is 99.9 Å². The lowest BCUT2D eigenvalue weighted by molar-refractivity contribution is 0.103. The van der Waals surface area contributed by atoms with Crippen LogP contribution in [0.1, 0.15) is 26.4 Å². The molecular weight excluding hydrogens is 382 g/mol. The zero-order chi connectivity index (χ0) is 20.1. The summed E-state index contributed by atoms with van der Waals surface area (Å²) in [5.41, 5.74) is 3.39. The number of amides is 1. The van der Waals surface area contributed by atoms with Gasteiger partial charge in [0.25, 0.3) is 5.91 Å². The van der Waals surface area contributed by atoms with Crippen LogP contribution >= 0.6 is 11.3 Å². The van der Waals surface area contributed by atoms with Gasteiger partial charge in [0, 0.05) is 17.8 Å². The molecule has 2 aromatic carbocycles. The van der Waals surface area contributed by atoms with Crippen molar-refractivity contribution >= 4 is 23.1 Å². The van der Waals surface area contributed by atoms with E-state index in [1.54, 1.807) is 0 Å². The summed E-state index contributed by atoms with van der Waals surface area (Å²) in [6.07, 6.45) is 1.87. The lowest BCUT2D eigenvalue weighted by atomic mass is 10.1. The Morgan fingerprint density at radius 1 is 1.10 bits per heavy atom. The summed E-state index contributed by atoms with van der Waals surface area (Å²) in [5, 5.41) is 9.26. The number of nitrogens with one attached hydrogen (secondary N) is 1. The van der Waals surface area contributed by atoms with Crippen LogP contribution in [0.15, 0.2) is 78.3 Å². The van der Waals surface area contributed by atoms with E-state index in [1.807, 2.05) is 70.9 Å². The number of rotatable bonds is 7. The number of aryl methyl sites for hydroxylation is 1. The fourth-order valence-corrected chi connectivity index (χ4v) is 3.70. The Morgan fingerprint density at radius 2 is 1.90 bits per heavy atom. The van der Waals surface area contributed by atoms with Crippen LogP contribution in [0.3, 0.4) is 0 Å². The van der Waals surface area contributed by atoms with Gasteiger partial charge < -0.3 is 10.1 Å². The fourth-order valence-electron chi connectivity index (χ4n) is 2.91. The number of thiophene rings is 1. The van der Waals surface area contributed by atoms with Gasteiger partial charge in [-0.05, 0) is 41.6 Å². The smallest absolute Gasteiger partial charge is 0.266 e. The van der Waals surface area contributed by atoms with Crippen LogP contribution in [0, 0.1) is 6.92 Å². The third-order valence-corrected chi connectivity index (χ3v) is 5.48. The first-order valence-electron chi connectivity index (χ1n) is 9.32. The standard InChI is InChI=1S/C23H21N3O2S/c1-17-7-5-6-8-19(17)14-26-12-11-22(25-26)24-23(27)21-13-18(16-29-21)15-28-20-9-3-2-4-10-20/h2-13,16H,14-15H2,1H3,(H,24,25,27). The maximum Gasteiger partial charge on any atom is 0.266 e. The van der Waals surface area contributed by atoms with Gasteiger partial charge in [0.15, 0.2) is 5.82 Å². The van der Waals surface area contributed by atoms with E-state index < -0.39 is 0 Å². The van der Waals surface area contributed by atoms with Crippen molar-refractivity contribution in [1.82, 2.24) is 9.78 Å². The van der Waals surface area contributed by atoms with Gasteiger partial charge in [-0.25, -0.2) is 0 Å². The number of hydrogen-bond donors (Lipinski definition) is 1. The van der Waals surface area contributed by atoms with Crippen molar-refractivity contribution in [1.29, 1.82) is 0 Å². The van der Waals surface area contributed by atoms with Crippen LogP contribution in [0.25, 0.3) is 0 Å². The largest absolute Gasteiger partial charge is 0.489 e. The highest BCUT2D eigenvalue weighted by Crippen LogP contribution is 2.19. The quantitative estimate of drug-likeness (QED) is 0.465. The van der Waals surface area contributed by atoms with Gasteiger partial charge in [0.05, 0.1) is 11.4 Å². The molecule has 0 radical (unpaired) electrons. The van der Waals surface area contributed by atoms with E-state index in [-0.39, 0.29) is 5.91 Å². The highest BCUT2D eigenvalue weighted by molar-refractivity contribution is 7.12. The molecule has 0 aliphatic rings. The van der Waals surface area contributed by atoms with Gasteiger partial charge >= 0.3 is 0 Å². The molecule has 5 nitrogen and oxygen atoms in total. The second-order valence-corrected chi connectivity index (χ2v) is 7.61. The molecule has 29 heavy (non-hydrogen) atoms. The number of anilines is 1. The molecule has 2 heterocycles. The van der Waals surface area contributed by atoms with Crippen molar-refractivity contribution in [2.24, 2.45) is 0 Å². The Labute approximate surface area is 173 Å². The van der Waals surface area contributed by atoms with E-state index >= 15 is 0 Å². The second kappa shape index (κ2) is 8.75. The molecule has 2 aromatic heterocycles. The molecule has 0 aliphatic heterocycles. The van der Waals surface area contributed by atoms with Gasteiger partial charge in [-0.2, -0.15) is 5.10 Å². The average molecular weight is 404 g/mol. The van der Waals surface area contributed by atoms with Crippen molar-refractivity contribution < 1.29 is 9.53 Å². The molecule has 0 fully saturated rings. The van der Waals surface area contributed by atoms with Gasteiger partial charge in [-0.15, -0.1) is 11.3 Å². The Morgan fingerprint density at radius 3 is 2.72 bits per heavy atom. The van der Waals surface area contributed by atoms with Gasteiger partial charge in [0.2, 0.25) is 0 Å². The minimum Gasteiger partial charge on any atom is -0.489 e. The van der Waals surface area contributed by atoms with Crippen LogP contribution in [-0.2, 0) is 13.2 Å². The summed E-state index contributed by atoms with van der Waals surface area (Å²) in [6, 6.07) is 21.5. The maximum atomic E-state index is 12.5. The fraction of sp³-hybridized carbons (Fsp3) is 0.130. The van der Waals surface area contributed by atoms with E-state index in [0.717, 1.165) is 11.3 Å². The highest BCUT2D eigenvalue weighted by Gasteiger charge is 2.12. The zero-order valence-electron chi connectivity index (χ0n) is 16.0. The monoisotopic (exact) mass is 403 g/mol. The molecule has 0 saturated carbocycles. The highest BCUT2D eigenvalue weighted by atomic mass is 32.1. The average Bonchev–Trinajstić information content (AvgIpc) is 3.39. The molecule has 4 rings (SSSR count). The lowest BCUT2D eigenvalue weighted by Gasteiger charge is -2.05. The van der Waals surface area contributed by atoms with E-state index in [9.17, 15) is 4.79 Å². The van der Waals surface area contributed by atoms with Crippen LogP contribution in [0.4, 0.5) is 5.82 Å². The molecule has 146 valence electrons. The molecule has 4 aromatic rings. The normalized spacial score (nSPS) is 10.7. The van der Waals surface area contributed by atoms with E-state index in [1.165, 1.54) is 22.5 Å². The van der Waals surface area contributed by atoms with Crippen LogP contribution in [0.2, 0.25) is 0 Å². The Kier molecular flexibility index (Phi) is 5.72. The number of para-hydroxylation sites is 1. The summed E-state index contributed by atoms with van der Waals surface area (Å²) < 4.78 is 7.56. The number of benzene rings is 2. The number of ether oxygens (including phenoxy) is 1. The topological polar surface area (TPSA) is 56.2 Å². The third kappa shape index (κ3) is 4.92. The molecule has 0 bridgehead atoms. The number of carbonyl (C=O) groups is 1. The predicted octanol–water partition coefficient (Wildman–Crippen LogP) is 5.13. The first-order valence-corrected chi connectivity index (χ1v) is 10.2. The Hall–Kier alpha value is -3.38. The SMILES string of the molecule is Cc1ccccc1Cn1ccc(NC(=O)c2cc(COc3ccccc3)cs2)n1. The van der Waals surface area contributed by atoms with Gasteiger partial charge in [-0.3, -0.25) is 9.48 Å². The summed E-state index contributed by atoms with van der Waals surface area (Å²) in [4.78, 5) is 13.2. The third-order valence-electron chi connectivity index (χ3n) is 4.50. The van der Waals surface area contributed by atoms with Crippen molar-refractivity contribution in [3.8, 4) is 5.75 Å². The molecule has 0 atom stereocenters. The van der Waals surface area contributed by atoms with Crippen molar-refractivity contribution in [2.75, 3.05) is 5.32 Å². The second-order valence-electron chi connectivity index (χ2n) is 6.70. The predicted molar refractivity (Wildman–Crippen MR) is 116 cm³/mol. The van der Waals surface area contributed by atoms with Gasteiger partial charge in [0.1, 0.15) is 12.4 Å². The zero-order valence-corrected chi connectivity index (χ0v) is 16.9. The molecule has 0 aliphatic carbocycles. The number of hydrogen-bond acceptors (Lipinski definition) is 4. The van der Waals surface area contributed by atoms with Gasteiger partial charge in [-0.1, -0.05) is 42.5 Å². The summed E-state index contributed by atoms with van der Waals surface area (Å²) in [5.74, 6) is 1.19. The number of aromatic nitrogens is 2. The van der Waals surface area contributed by atoms with Crippen LogP contribution in [0.5, 0.6) is 5.75 Å². The molecule has 0 spiro atoms. The maximum absolute atomic E-state index is 12.5. The summed E-state index contributed by atoms with van der Waals surface area (Å²) in [6.45, 7) is 3.18. The van der Waals surface area contributed by atoms with E-state index in [2.05, 4.69) is 29.5 Å². The molecule has 0 saturated heterocycles.